The summed E-state index contributed by atoms with van der Waals surface area (Å²) in [5.74, 6) is -3.76. The summed E-state index contributed by atoms with van der Waals surface area (Å²) in [5.41, 5.74) is -2.84. The third kappa shape index (κ3) is 2.56. The molecular formula is C14H12O7. The summed E-state index contributed by atoms with van der Waals surface area (Å²) in [7, 11) is 0. The van der Waals surface area contributed by atoms with Crippen molar-refractivity contribution in [3.8, 4) is 0 Å². The largest absolute Gasteiger partial charge is 0.479 e. The number of hydrogen-bond donors (Lipinski definition) is 3. The van der Waals surface area contributed by atoms with Crippen LogP contribution in [0.1, 0.15) is 10.4 Å². The van der Waals surface area contributed by atoms with Crippen molar-refractivity contribution in [1.29, 1.82) is 0 Å². The molecular weight excluding hydrogens is 280 g/mol. The molecule has 110 valence electrons. The van der Waals surface area contributed by atoms with Crippen molar-refractivity contribution in [3.05, 3.63) is 48.0 Å². The Morgan fingerprint density at radius 3 is 2.38 bits per heavy atom. The zero-order valence-electron chi connectivity index (χ0n) is 10.7. The van der Waals surface area contributed by atoms with Gasteiger partial charge >= 0.3 is 11.9 Å². The summed E-state index contributed by atoms with van der Waals surface area (Å²) in [5, 5.41) is 28.7. The van der Waals surface area contributed by atoms with E-state index in [1.165, 1.54) is 12.1 Å². The van der Waals surface area contributed by atoms with Gasteiger partial charge in [0.05, 0.1) is 5.56 Å². The Balaban J connectivity index is 2.32. The number of hydrogen-bond acceptors (Lipinski definition) is 6. The first-order valence-corrected chi connectivity index (χ1v) is 5.99. The molecule has 7 nitrogen and oxygen atoms in total. The van der Waals surface area contributed by atoms with Gasteiger partial charge in [0, 0.05) is 0 Å². The Bertz CT molecular complexity index is 607. The quantitative estimate of drug-likeness (QED) is 0.644. The van der Waals surface area contributed by atoms with E-state index in [9.17, 15) is 24.6 Å². The Hall–Kier alpha value is -2.51. The predicted octanol–water partition coefficient (Wildman–Crippen LogP) is -0.473. The van der Waals surface area contributed by atoms with Crippen molar-refractivity contribution < 1.29 is 34.4 Å². The average molecular weight is 292 g/mol. The maximum Gasteiger partial charge on any atom is 0.343 e. The number of ether oxygens (including phenoxy) is 1. The minimum atomic E-state index is -2.92. The van der Waals surface area contributed by atoms with E-state index in [1.54, 1.807) is 18.2 Å². The molecule has 0 saturated carbocycles. The maximum atomic E-state index is 11.9. The lowest BCUT2D eigenvalue weighted by atomic mass is 9.83. The molecule has 0 heterocycles. The van der Waals surface area contributed by atoms with Gasteiger partial charge in [0.15, 0.2) is 5.78 Å². The lowest BCUT2D eigenvalue weighted by molar-refractivity contribution is -0.189. The number of rotatable bonds is 3. The molecule has 0 saturated heterocycles. The standard InChI is InChI=1S/C14H12O7/c15-9-6-7-10(16)14(20,13(18)19)11(9)21-12(17)8-4-2-1-3-5-8/h1-7,10-11,16,20H,(H,18,19). The zero-order valence-corrected chi connectivity index (χ0v) is 10.7. The lowest BCUT2D eigenvalue weighted by Gasteiger charge is -2.35. The van der Waals surface area contributed by atoms with Crippen molar-refractivity contribution in [3.63, 3.8) is 0 Å². The second-order valence-corrected chi connectivity index (χ2v) is 4.49. The number of carbonyl (C=O) groups excluding carboxylic acids is 2. The molecule has 7 heteroatoms. The Morgan fingerprint density at radius 1 is 1.19 bits per heavy atom. The predicted molar refractivity (Wildman–Crippen MR) is 68.4 cm³/mol. The summed E-state index contributed by atoms with van der Waals surface area (Å²) >= 11 is 0. The van der Waals surface area contributed by atoms with Gasteiger partial charge in [-0.25, -0.2) is 9.59 Å². The summed E-state index contributed by atoms with van der Waals surface area (Å²) in [6, 6.07) is 7.57. The number of benzene rings is 1. The first kappa shape index (κ1) is 14.9. The molecule has 21 heavy (non-hydrogen) atoms. The molecule has 0 fully saturated rings. The molecule has 0 aromatic heterocycles. The van der Waals surface area contributed by atoms with E-state index in [-0.39, 0.29) is 5.56 Å². The summed E-state index contributed by atoms with van der Waals surface area (Å²) < 4.78 is 4.81. The van der Waals surface area contributed by atoms with Gasteiger partial charge in [-0.05, 0) is 24.3 Å². The lowest BCUT2D eigenvalue weighted by Crippen LogP contribution is -2.63. The van der Waals surface area contributed by atoms with Crippen LogP contribution in [0, 0.1) is 0 Å². The number of aliphatic carboxylic acids is 1. The molecule has 3 atom stereocenters. The van der Waals surface area contributed by atoms with Gasteiger partial charge in [0.25, 0.3) is 0 Å². The Morgan fingerprint density at radius 2 is 1.81 bits per heavy atom. The highest BCUT2D eigenvalue weighted by Gasteiger charge is 2.56. The third-order valence-corrected chi connectivity index (χ3v) is 3.13. The zero-order chi connectivity index (χ0) is 15.6. The van der Waals surface area contributed by atoms with E-state index >= 15 is 0 Å². The first-order valence-electron chi connectivity index (χ1n) is 5.99. The van der Waals surface area contributed by atoms with Gasteiger partial charge in [0.2, 0.25) is 11.7 Å². The summed E-state index contributed by atoms with van der Waals surface area (Å²) in [6.45, 7) is 0. The number of ketones is 1. The number of carbonyl (C=O) groups is 3. The van der Waals surface area contributed by atoms with Gasteiger partial charge in [-0.1, -0.05) is 18.2 Å². The first-order chi connectivity index (χ1) is 9.87. The highest BCUT2D eigenvalue weighted by molar-refractivity contribution is 6.03. The van der Waals surface area contributed by atoms with Gasteiger partial charge < -0.3 is 20.1 Å². The second-order valence-electron chi connectivity index (χ2n) is 4.49. The van der Waals surface area contributed by atoms with E-state index in [4.69, 9.17) is 9.84 Å². The minimum absolute atomic E-state index is 0.0853. The van der Waals surface area contributed by atoms with Crippen molar-refractivity contribution in [2.24, 2.45) is 0 Å². The van der Waals surface area contributed by atoms with Crippen LogP contribution in [0.2, 0.25) is 0 Å². The molecule has 0 amide bonds. The molecule has 1 aliphatic carbocycles. The van der Waals surface area contributed by atoms with Crippen LogP contribution < -0.4 is 0 Å². The molecule has 3 N–H and O–H groups in total. The third-order valence-electron chi connectivity index (χ3n) is 3.13. The van der Waals surface area contributed by atoms with Crippen LogP contribution in [0.3, 0.4) is 0 Å². The number of aliphatic hydroxyl groups excluding tert-OH is 1. The highest BCUT2D eigenvalue weighted by atomic mass is 16.6. The summed E-state index contributed by atoms with van der Waals surface area (Å²) in [4.78, 5) is 34.8. The second kappa shape index (κ2) is 5.47. The minimum Gasteiger partial charge on any atom is -0.479 e. The van der Waals surface area contributed by atoms with Gasteiger partial charge in [0.1, 0.15) is 6.10 Å². The Labute approximate surface area is 119 Å². The monoisotopic (exact) mass is 292 g/mol. The van der Waals surface area contributed by atoms with Crippen molar-refractivity contribution in [2.45, 2.75) is 17.8 Å². The molecule has 0 aliphatic heterocycles. The van der Waals surface area contributed by atoms with E-state index in [2.05, 4.69) is 0 Å². The highest BCUT2D eigenvalue weighted by Crippen LogP contribution is 2.26. The molecule has 0 radical (unpaired) electrons. The van der Waals surface area contributed by atoms with Gasteiger partial charge in [-0.15, -0.1) is 0 Å². The van der Waals surface area contributed by atoms with Crippen LogP contribution >= 0.6 is 0 Å². The molecule has 3 unspecified atom stereocenters. The van der Waals surface area contributed by atoms with E-state index in [1.807, 2.05) is 0 Å². The fraction of sp³-hybridized carbons (Fsp3) is 0.214. The number of esters is 1. The van der Waals surface area contributed by atoms with Gasteiger partial charge in [-0.3, -0.25) is 4.79 Å². The molecule has 1 aromatic carbocycles. The van der Waals surface area contributed by atoms with Crippen LogP contribution in [0.15, 0.2) is 42.5 Å². The fourth-order valence-corrected chi connectivity index (χ4v) is 1.93. The summed E-state index contributed by atoms with van der Waals surface area (Å²) in [6.07, 6.45) is -2.20. The Kier molecular flexibility index (Phi) is 3.88. The van der Waals surface area contributed by atoms with Crippen molar-refractivity contribution in [1.82, 2.24) is 0 Å². The topological polar surface area (TPSA) is 121 Å². The van der Waals surface area contributed by atoms with E-state index in [0.717, 1.165) is 12.2 Å². The number of carboxylic acid groups (broad SMARTS) is 1. The van der Waals surface area contributed by atoms with Crippen LogP contribution in [0.4, 0.5) is 0 Å². The van der Waals surface area contributed by atoms with E-state index in [0.29, 0.717) is 0 Å². The van der Waals surface area contributed by atoms with Crippen LogP contribution in [0.5, 0.6) is 0 Å². The molecule has 1 aromatic rings. The normalized spacial score (nSPS) is 28.2. The number of carboxylic acids is 1. The van der Waals surface area contributed by atoms with Crippen molar-refractivity contribution in [2.75, 3.05) is 0 Å². The molecule has 0 spiro atoms. The van der Waals surface area contributed by atoms with Gasteiger partial charge in [-0.2, -0.15) is 0 Å². The molecule has 2 rings (SSSR count). The maximum absolute atomic E-state index is 11.9. The van der Waals surface area contributed by atoms with E-state index < -0.39 is 35.5 Å². The number of aliphatic hydroxyl groups is 2. The average Bonchev–Trinajstić information content (AvgIpc) is 2.48. The van der Waals surface area contributed by atoms with Crippen LogP contribution in [-0.2, 0) is 14.3 Å². The SMILES string of the molecule is O=C(OC1C(=O)C=CC(O)C1(O)C(=O)O)c1ccccc1. The smallest absolute Gasteiger partial charge is 0.343 e. The molecule has 0 bridgehead atoms. The van der Waals surface area contributed by atoms with Crippen LogP contribution in [-0.4, -0.2) is 50.9 Å². The molecule has 1 aliphatic rings. The van der Waals surface area contributed by atoms with Crippen molar-refractivity contribution >= 4 is 17.7 Å². The fourth-order valence-electron chi connectivity index (χ4n) is 1.93. The van der Waals surface area contributed by atoms with Crippen LogP contribution in [0.25, 0.3) is 0 Å².